The normalized spacial score (nSPS) is 28.5. The predicted octanol–water partition coefficient (Wildman–Crippen LogP) is 3.85. The molecule has 29 heavy (non-hydrogen) atoms. The largest absolute Gasteiger partial charge is 0.339 e. The van der Waals surface area contributed by atoms with Crippen molar-refractivity contribution in [1.82, 2.24) is 9.62 Å². The number of halogens is 1. The second-order valence-electron chi connectivity index (χ2n) is 9.10. The van der Waals surface area contributed by atoms with Crippen molar-refractivity contribution in [2.45, 2.75) is 75.1 Å². The highest BCUT2D eigenvalue weighted by molar-refractivity contribution is 7.89. The summed E-state index contributed by atoms with van der Waals surface area (Å²) in [4.78, 5) is 14.9. The first kappa shape index (κ1) is 20.8. The fraction of sp³-hybridized carbons (Fsp3) is 0.682. The van der Waals surface area contributed by atoms with Crippen LogP contribution in [0.15, 0.2) is 29.2 Å². The molecule has 0 aromatic heterocycles. The molecule has 1 heterocycles. The Kier molecular flexibility index (Phi) is 5.98. The molecule has 1 aromatic rings. The number of benzene rings is 1. The lowest BCUT2D eigenvalue weighted by atomic mass is 9.74. The van der Waals surface area contributed by atoms with Gasteiger partial charge in [0, 0.05) is 31.0 Å². The second-order valence-corrected chi connectivity index (χ2v) is 10.9. The molecule has 5 nitrogen and oxygen atoms in total. The Morgan fingerprint density at radius 3 is 2.48 bits per heavy atom. The van der Waals surface area contributed by atoms with Gasteiger partial charge in [0.1, 0.15) is 5.82 Å². The van der Waals surface area contributed by atoms with Gasteiger partial charge in [-0.15, -0.1) is 0 Å². The van der Waals surface area contributed by atoms with E-state index < -0.39 is 15.8 Å². The number of piperidine rings is 1. The third-order valence-corrected chi connectivity index (χ3v) is 8.73. The summed E-state index contributed by atoms with van der Waals surface area (Å²) in [5, 5.41) is 0. The Labute approximate surface area is 173 Å². The van der Waals surface area contributed by atoms with Crippen LogP contribution in [-0.2, 0) is 14.8 Å². The predicted molar refractivity (Wildman–Crippen MR) is 109 cm³/mol. The van der Waals surface area contributed by atoms with Gasteiger partial charge in [-0.2, -0.15) is 0 Å². The molecule has 0 unspecified atom stereocenters. The Bertz CT molecular complexity index is 836. The summed E-state index contributed by atoms with van der Waals surface area (Å²) in [6.45, 7) is 1.17. The van der Waals surface area contributed by atoms with Crippen molar-refractivity contribution in [3.8, 4) is 0 Å². The maximum absolute atomic E-state index is 13.1. The van der Waals surface area contributed by atoms with Crippen LogP contribution in [0.3, 0.4) is 0 Å². The average molecular weight is 423 g/mol. The minimum absolute atomic E-state index is 0.0794. The van der Waals surface area contributed by atoms with Gasteiger partial charge in [0.05, 0.1) is 4.90 Å². The fourth-order valence-electron chi connectivity index (χ4n) is 5.68. The van der Waals surface area contributed by atoms with Crippen LogP contribution in [-0.4, -0.2) is 38.4 Å². The molecule has 3 aliphatic rings. The minimum atomic E-state index is -3.70. The van der Waals surface area contributed by atoms with Crippen LogP contribution in [0, 0.1) is 17.2 Å². The number of sulfonamides is 1. The number of carbonyl (C=O) groups excluding carboxylic acids is 1. The molecule has 2 saturated carbocycles. The summed E-state index contributed by atoms with van der Waals surface area (Å²) in [6, 6.07) is 5.04. The van der Waals surface area contributed by atoms with Crippen molar-refractivity contribution in [3.05, 3.63) is 30.1 Å². The monoisotopic (exact) mass is 422 g/mol. The maximum Gasteiger partial charge on any atom is 0.240 e. The molecule has 3 fully saturated rings. The van der Waals surface area contributed by atoms with Crippen LogP contribution in [0.25, 0.3) is 0 Å². The first-order valence-electron chi connectivity index (χ1n) is 10.9. The lowest BCUT2D eigenvalue weighted by Gasteiger charge is -2.47. The van der Waals surface area contributed by atoms with E-state index in [1.807, 2.05) is 0 Å². The Morgan fingerprint density at radius 2 is 1.76 bits per heavy atom. The van der Waals surface area contributed by atoms with Crippen molar-refractivity contribution in [2.24, 2.45) is 11.3 Å². The zero-order valence-corrected chi connectivity index (χ0v) is 17.7. The van der Waals surface area contributed by atoms with Crippen LogP contribution >= 0.6 is 0 Å². The molecule has 1 aliphatic heterocycles. The van der Waals surface area contributed by atoms with E-state index in [1.54, 1.807) is 0 Å². The van der Waals surface area contributed by atoms with Gasteiger partial charge < -0.3 is 4.90 Å². The van der Waals surface area contributed by atoms with Crippen LogP contribution < -0.4 is 4.72 Å². The number of rotatable bonds is 6. The first-order chi connectivity index (χ1) is 13.9. The second kappa shape index (κ2) is 8.34. The summed E-state index contributed by atoms with van der Waals surface area (Å²) >= 11 is 0. The van der Waals surface area contributed by atoms with Crippen molar-refractivity contribution >= 4 is 15.9 Å². The zero-order chi connectivity index (χ0) is 20.5. The summed E-state index contributed by atoms with van der Waals surface area (Å²) < 4.78 is 41.4. The molecular weight excluding hydrogens is 391 g/mol. The Hall–Kier alpha value is -1.47. The van der Waals surface area contributed by atoms with Crippen molar-refractivity contribution in [1.29, 1.82) is 0 Å². The van der Waals surface area contributed by atoms with Gasteiger partial charge in [-0.25, -0.2) is 17.5 Å². The standard InChI is InChI=1S/C22H31FN2O3S/c23-18-8-10-19(11-9-18)29(27,28)24-16-22-13-4-7-20(22)25(21(26)12-14-22)15-17-5-2-1-3-6-17/h8-11,17,20,24H,1-7,12-16H2/t20-,22+/m1/s1. The molecule has 2 atom stereocenters. The van der Waals surface area contributed by atoms with Crippen molar-refractivity contribution in [2.75, 3.05) is 13.1 Å². The maximum atomic E-state index is 13.1. The molecule has 1 aromatic carbocycles. The first-order valence-corrected chi connectivity index (χ1v) is 12.4. The number of amides is 1. The SMILES string of the molecule is O=C1CC[C@]2(CNS(=O)(=O)c3ccc(F)cc3)CCC[C@H]2N1CC1CCCCC1. The van der Waals surface area contributed by atoms with Crippen LogP contribution in [0.1, 0.15) is 64.2 Å². The topological polar surface area (TPSA) is 66.5 Å². The van der Waals surface area contributed by atoms with Gasteiger partial charge >= 0.3 is 0 Å². The van der Waals surface area contributed by atoms with Gasteiger partial charge in [0.2, 0.25) is 15.9 Å². The fourth-order valence-corrected chi connectivity index (χ4v) is 6.82. The number of nitrogens with one attached hydrogen (secondary N) is 1. The number of nitrogens with zero attached hydrogens (tertiary/aromatic N) is 1. The number of hydrogen-bond acceptors (Lipinski definition) is 3. The summed E-state index contributed by atoms with van der Waals surface area (Å²) in [7, 11) is -3.70. The molecule has 4 rings (SSSR count). The van der Waals surface area contributed by atoms with E-state index in [0.717, 1.165) is 44.4 Å². The quantitative estimate of drug-likeness (QED) is 0.757. The van der Waals surface area contributed by atoms with Crippen LogP contribution in [0.4, 0.5) is 4.39 Å². The molecule has 0 radical (unpaired) electrons. The van der Waals surface area contributed by atoms with E-state index in [2.05, 4.69) is 9.62 Å². The molecule has 0 bridgehead atoms. The number of hydrogen-bond donors (Lipinski definition) is 1. The number of likely N-dealkylation sites (tertiary alicyclic amines) is 1. The summed E-state index contributed by atoms with van der Waals surface area (Å²) in [5.74, 6) is 0.363. The lowest BCUT2D eigenvalue weighted by Crippen LogP contribution is -2.57. The molecule has 160 valence electrons. The smallest absolute Gasteiger partial charge is 0.240 e. The number of carbonyl (C=O) groups is 1. The van der Waals surface area contributed by atoms with E-state index in [-0.39, 0.29) is 22.3 Å². The Balaban J connectivity index is 1.48. The Morgan fingerprint density at radius 1 is 1.03 bits per heavy atom. The van der Waals surface area contributed by atoms with E-state index in [4.69, 9.17) is 0 Å². The van der Waals surface area contributed by atoms with Crippen molar-refractivity contribution in [3.63, 3.8) is 0 Å². The molecule has 1 saturated heterocycles. The molecule has 7 heteroatoms. The minimum Gasteiger partial charge on any atom is -0.339 e. The summed E-state index contributed by atoms with van der Waals surface area (Å²) in [6.07, 6.45) is 10.3. The molecule has 0 spiro atoms. The summed E-state index contributed by atoms with van der Waals surface area (Å²) in [5.41, 5.74) is -0.185. The third-order valence-electron chi connectivity index (χ3n) is 7.31. The van der Waals surface area contributed by atoms with Gasteiger partial charge in [-0.05, 0) is 62.3 Å². The zero-order valence-electron chi connectivity index (χ0n) is 16.9. The molecule has 1 amide bonds. The van der Waals surface area contributed by atoms with Crippen LogP contribution in [0.5, 0.6) is 0 Å². The van der Waals surface area contributed by atoms with E-state index in [0.29, 0.717) is 18.9 Å². The molecule has 1 N–H and O–H groups in total. The molecular formula is C22H31FN2O3S. The van der Waals surface area contributed by atoms with Crippen molar-refractivity contribution < 1.29 is 17.6 Å². The third kappa shape index (κ3) is 4.36. The van der Waals surface area contributed by atoms with Gasteiger partial charge in [-0.1, -0.05) is 25.7 Å². The highest BCUT2D eigenvalue weighted by Gasteiger charge is 2.50. The average Bonchev–Trinajstić information content (AvgIpc) is 3.15. The van der Waals surface area contributed by atoms with E-state index in [1.165, 1.54) is 44.2 Å². The number of fused-ring (bicyclic) bond motifs is 1. The van der Waals surface area contributed by atoms with Crippen LogP contribution in [0.2, 0.25) is 0 Å². The van der Waals surface area contributed by atoms with Gasteiger partial charge in [-0.3, -0.25) is 4.79 Å². The van der Waals surface area contributed by atoms with Gasteiger partial charge in [0.15, 0.2) is 0 Å². The van der Waals surface area contributed by atoms with E-state index >= 15 is 0 Å². The highest BCUT2D eigenvalue weighted by atomic mass is 32.2. The lowest BCUT2D eigenvalue weighted by molar-refractivity contribution is -0.142. The van der Waals surface area contributed by atoms with Gasteiger partial charge in [0.25, 0.3) is 0 Å². The molecule has 2 aliphatic carbocycles. The highest BCUT2D eigenvalue weighted by Crippen LogP contribution is 2.48. The van der Waals surface area contributed by atoms with E-state index in [9.17, 15) is 17.6 Å².